The fourth-order valence-electron chi connectivity index (χ4n) is 3.58. The predicted octanol–water partition coefficient (Wildman–Crippen LogP) is 5.12. The summed E-state index contributed by atoms with van der Waals surface area (Å²) in [7, 11) is 0. The zero-order chi connectivity index (χ0) is 22.6. The van der Waals surface area contributed by atoms with Gasteiger partial charge in [-0.15, -0.1) is 0 Å². The van der Waals surface area contributed by atoms with Crippen molar-refractivity contribution in [3.05, 3.63) is 57.6 Å². The molecule has 3 N–H and O–H groups in total. The first-order chi connectivity index (χ1) is 14.7. The van der Waals surface area contributed by atoms with Crippen molar-refractivity contribution in [2.45, 2.75) is 39.5 Å². The van der Waals surface area contributed by atoms with Gasteiger partial charge in [0.25, 0.3) is 0 Å². The van der Waals surface area contributed by atoms with Crippen LogP contribution in [-0.4, -0.2) is 42.8 Å². The number of anilines is 2. The number of benzene rings is 2. The van der Waals surface area contributed by atoms with Crippen LogP contribution in [0.5, 0.6) is 0 Å². The number of amides is 1. The van der Waals surface area contributed by atoms with Crippen LogP contribution in [0, 0.1) is 0 Å². The van der Waals surface area contributed by atoms with Gasteiger partial charge < -0.3 is 25.6 Å². The molecule has 0 bridgehead atoms. The molecule has 1 saturated heterocycles. The van der Waals surface area contributed by atoms with E-state index in [9.17, 15) is 4.79 Å². The number of piperazine rings is 1. The lowest BCUT2D eigenvalue weighted by Crippen LogP contribution is -2.50. The van der Waals surface area contributed by atoms with Gasteiger partial charge in [-0.2, -0.15) is 0 Å². The second kappa shape index (κ2) is 9.98. The Labute approximate surface area is 194 Å². The minimum absolute atomic E-state index is 0.264. The molecule has 0 radical (unpaired) electrons. The van der Waals surface area contributed by atoms with E-state index in [1.807, 2.05) is 45.0 Å². The van der Waals surface area contributed by atoms with Crippen LogP contribution in [0.15, 0.2) is 36.4 Å². The number of carbonyl (C=O) groups is 1. The largest absolute Gasteiger partial charge is 0.444 e. The van der Waals surface area contributed by atoms with Crippen LogP contribution in [0.2, 0.25) is 10.0 Å². The number of halogens is 2. The lowest BCUT2D eigenvalue weighted by molar-refractivity contribution is 0.0240. The van der Waals surface area contributed by atoms with Gasteiger partial charge in [-0.3, -0.25) is 0 Å². The number of rotatable bonds is 5. The molecule has 1 fully saturated rings. The van der Waals surface area contributed by atoms with Crippen molar-refractivity contribution in [3.63, 3.8) is 0 Å². The zero-order valence-electron chi connectivity index (χ0n) is 18.3. The monoisotopic (exact) mass is 464 g/mol. The summed E-state index contributed by atoms with van der Waals surface area (Å²) >= 11 is 12.4. The molecule has 0 atom stereocenters. The van der Waals surface area contributed by atoms with Gasteiger partial charge in [0, 0.05) is 56.2 Å². The van der Waals surface area contributed by atoms with E-state index in [2.05, 4.69) is 16.3 Å². The molecule has 0 saturated carbocycles. The fraction of sp³-hybridized carbons (Fsp3) is 0.435. The fourth-order valence-corrected chi connectivity index (χ4v) is 3.97. The van der Waals surface area contributed by atoms with Crippen molar-refractivity contribution in [3.8, 4) is 0 Å². The Bertz CT molecular complexity index is 922. The van der Waals surface area contributed by atoms with Gasteiger partial charge in [0.2, 0.25) is 0 Å². The summed E-state index contributed by atoms with van der Waals surface area (Å²) < 4.78 is 5.49. The normalized spacial score (nSPS) is 14.5. The van der Waals surface area contributed by atoms with Crippen molar-refractivity contribution in [2.75, 3.05) is 36.4 Å². The molecule has 1 amide bonds. The Morgan fingerprint density at radius 3 is 2.42 bits per heavy atom. The average molecular weight is 465 g/mol. The van der Waals surface area contributed by atoms with Crippen LogP contribution >= 0.6 is 23.2 Å². The third-order valence-corrected chi connectivity index (χ3v) is 5.99. The number of nitrogens with zero attached hydrogens (tertiary/aromatic N) is 2. The molecular weight excluding hydrogens is 435 g/mol. The number of hydrogen-bond acceptors (Lipinski definition) is 5. The molecule has 6 nitrogen and oxygen atoms in total. The van der Waals surface area contributed by atoms with Crippen molar-refractivity contribution in [1.29, 1.82) is 0 Å². The summed E-state index contributed by atoms with van der Waals surface area (Å²) in [5.74, 6) is 0. The van der Waals surface area contributed by atoms with E-state index in [0.29, 0.717) is 36.2 Å². The van der Waals surface area contributed by atoms with Gasteiger partial charge in [-0.1, -0.05) is 41.4 Å². The molecule has 0 aromatic heterocycles. The number of nitrogens with one attached hydrogen (secondary N) is 1. The van der Waals surface area contributed by atoms with Gasteiger partial charge >= 0.3 is 6.09 Å². The highest BCUT2D eigenvalue weighted by atomic mass is 35.5. The van der Waals surface area contributed by atoms with E-state index >= 15 is 0 Å². The average Bonchev–Trinajstić information content (AvgIpc) is 2.73. The summed E-state index contributed by atoms with van der Waals surface area (Å²) in [4.78, 5) is 16.4. The van der Waals surface area contributed by atoms with E-state index in [4.69, 9.17) is 33.7 Å². The molecule has 1 aliphatic heterocycles. The summed E-state index contributed by atoms with van der Waals surface area (Å²) in [6, 6.07) is 11.7. The van der Waals surface area contributed by atoms with Crippen molar-refractivity contribution in [1.82, 2.24) is 4.90 Å². The van der Waals surface area contributed by atoms with E-state index in [-0.39, 0.29) is 6.09 Å². The van der Waals surface area contributed by atoms with Crippen LogP contribution in [0.25, 0.3) is 0 Å². The van der Waals surface area contributed by atoms with E-state index in [1.54, 1.807) is 11.0 Å². The van der Waals surface area contributed by atoms with Crippen LogP contribution in [0.3, 0.4) is 0 Å². The maximum Gasteiger partial charge on any atom is 0.410 e. The molecular formula is C23H30Cl2N4O2. The highest BCUT2D eigenvalue weighted by Crippen LogP contribution is 2.30. The number of ether oxygens (including phenoxy) is 1. The smallest absolute Gasteiger partial charge is 0.410 e. The van der Waals surface area contributed by atoms with Gasteiger partial charge in [-0.25, -0.2) is 4.79 Å². The summed E-state index contributed by atoms with van der Waals surface area (Å²) in [6.07, 6.45) is -0.264. The number of nitrogens with two attached hydrogens (primary N) is 1. The molecule has 168 valence electrons. The first kappa shape index (κ1) is 23.5. The van der Waals surface area contributed by atoms with Crippen molar-refractivity contribution in [2.24, 2.45) is 5.73 Å². The Kier molecular flexibility index (Phi) is 7.57. The predicted molar refractivity (Wildman–Crippen MR) is 128 cm³/mol. The van der Waals surface area contributed by atoms with Gasteiger partial charge in [0.15, 0.2) is 0 Å². The molecule has 0 spiro atoms. The topological polar surface area (TPSA) is 70.8 Å². The lowest BCUT2D eigenvalue weighted by Gasteiger charge is -2.37. The molecule has 3 rings (SSSR count). The maximum atomic E-state index is 12.3. The minimum atomic E-state index is -0.493. The third kappa shape index (κ3) is 5.97. The Morgan fingerprint density at radius 2 is 1.77 bits per heavy atom. The van der Waals surface area contributed by atoms with E-state index in [0.717, 1.165) is 35.6 Å². The molecule has 0 unspecified atom stereocenters. The van der Waals surface area contributed by atoms with Crippen molar-refractivity contribution < 1.29 is 9.53 Å². The van der Waals surface area contributed by atoms with Crippen LogP contribution in [0.4, 0.5) is 16.2 Å². The standard InChI is InChI=1S/C23H30Cl2N4O2/c1-23(2,3)31-22(30)29-12-10-28(11-13-29)20-9-5-8-19(17(20)14-26)27-15-16-6-4-7-18(24)21(16)25/h4-9,27H,10-15,26H2,1-3H3. The Morgan fingerprint density at radius 1 is 1.10 bits per heavy atom. The maximum absolute atomic E-state index is 12.3. The van der Waals surface area contributed by atoms with E-state index < -0.39 is 5.60 Å². The first-order valence-electron chi connectivity index (χ1n) is 10.4. The quantitative estimate of drug-likeness (QED) is 0.642. The van der Waals surface area contributed by atoms with Gasteiger partial charge in [0.05, 0.1) is 10.0 Å². The molecule has 8 heteroatoms. The number of carbonyl (C=O) groups excluding carboxylic acids is 1. The number of hydrogen-bond donors (Lipinski definition) is 2. The Balaban J connectivity index is 1.69. The second-order valence-electron chi connectivity index (χ2n) is 8.53. The van der Waals surface area contributed by atoms with Gasteiger partial charge in [0.1, 0.15) is 5.60 Å². The zero-order valence-corrected chi connectivity index (χ0v) is 19.8. The molecule has 31 heavy (non-hydrogen) atoms. The second-order valence-corrected chi connectivity index (χ2v) is 9.31. The highest BCUT2D eigenvalue weighted by molar-refractivity contribution is 6.42. The molecule has 2 aromatic carbocycles. The molecule has 1 aliphatic rings. The lowest BCUT2D eigenvalue weighted by atomic mass is 10.1. The highest BCUT2D eigenvalue weighted by Gasteiger charge is 2.27. The van der Waals surface area contributed by atoms with Gasteiger partial charge in [-0.05, 0) is 44.5 Å². The van der Waals surface area contributed by atoms with Crippen LogP contribution in [0.1, 0.15) is 31.9 Å². The SMILES string of the molecule is CC(C)(C)OC(=O)N1CCN(c2cccc(NCc3cccc(Cl)c3Cl)c2CN)CC1. The van der Waals surface area contributed by atoms with E-state index in [1.165, 1.54) is 0 Å². The van der Waals surface area contributed by atoms with Crippen LogP contribution in [-0.2, 0) is 17.8 Å². The van der Waals surface area contributed by atoms with Crippen LogP contribution < -0.4 is 16.0 Å². The summed E-state index contributed by atoms with van der Waals surface area (Å²) in [5, 5.41) is 4.54. The molecule has 0 aliphatic carbocycles. The van der Waals surface area contributed by atoms with Crippen molar-refractivity contribution >= 4 is 40.7 Å². The third-order valence-electron chi connectivity index (χ3n) is 5.13. The minimum Gasteiger partial charge on any atom is -0.444 e. The molecule has 2 aromatic rings. The Hall–Kier alpha value is -2.15. The summed E-state index contributed by atoms with van der Waals surface area (Å²) in [6.45, 7) is 9.22. The first-order valence-corrected chi connectivity index (χ1v) is 11.2. The molecule has 1 heterocycles. The summed E-state index contributed by atoms with van der Waals surface area (Å²) in [5.41, 5.74) is 9.63.